The van der Waals surface area contributed by atoms with Gasteiger partial charge in [-0.25, -0.2) is 13.7 Å². The first-order valence-electron chi connectivity index (χ1n) is 11.0. The van der Waals surface area contributed by atoms with Gasteiger partial charge in [-0.3, -0.25) is 9.59 Å². The number of hydrogen-bond acceptors (Lipinski definition) is 5. The normalized spacial score (nSPS) is 14.4. The van der Waals surface area contributed by atoms with E-state index in [1.807, 2.05) is 0 Å². The fourth-order valence-corrected chi connectivity index (χ4v) is 3.91. The van der Waals surface area contributed by atoms with E-state index in [0.717, 1.165) is 0 Å². The van der Waals surface area contributed by atoms with E-state index < -0.39 is 0 Å². The summed E-state index contributed by atoms with van der Waals surface area (Å²) in [6.07, 6.45) is 4.43. The predicted molar refractivity (Wildman–Crippen MR) is 119 cm³/mol. The first-order chi connectivity index (χ1) is 15.9. The SMILES string of the molecule is CCOC(=O)N1CCC(NC(=O)CCn2ccn3nc(-c4ccc(F)cc4)cc3c2=O)CC1. The summed E-state index contributed by atoms with van der Waals surface area (Å²) >= 11 is 0. The monoisotopic (exact) mass is 455 g/mol. The van der Waals surface area contributed by atoms with Gasteiger partial charge in [0.25, 0.3) is 5.56 Å². The average Bonchev–Trinajstić information content (AvgIpc) is 3.25. The van der Waals surface area contributed by atoms with Crippen LogP contribution in [-0.4, -0.2) is 56.8 Å². The number of halogens is 1. The topological polar surface area (TPSA) is 97.9 Å². The third-order valence-electron chi connectivity index (χ3n) is 5.71. The number of nitrogens with one attached hydrogen (secondary N) is 1. The number of amides is 2. The molecule has 1 saturated heterocycles. The van der Waals surface area contributed by atoms with Crippen LogP contribution in [0.5, 0.6) is 0 Å². The summed E-state index contributed by atoms with van der Waals surface area (Å²) in [7, 11) is 0. The van der Waals surface area contributed by atoms with Gasteiger partial charge in [0.05, 0.1) is 12.3 Å². The molecule has 3 heterocycles. The van der Waals surface area contributed by atoms with Crippen molar-refractivity contribution in [3.05, 3.63) is 58.9 Å². The molecule has 0 spiro atoms. The number of fused-ring (bicyclic) bond motifs is 1. The molecule has 0 aliphatic carbocycles. The largest absolute Gasteiger partial charge is 0.450 e. The molecule has 1 N–H and O–H groups in total. The molecule has 1 fully saturated rings. The molecule has 2 aromatic heterocycles. The number of ether oxygens (including phenoxy) is 1. The fraction of sp³-hybridized carbons (Fsp3) is 0.391. The zero-order chi connectivity index (χ0) is 23.4. The Bertz CT molecular complexity index is 1200. The molecule has 1 aliphatic rings. The molecule has 3 aromatic rings. The molecule has 0 unspecified atom stereocenters. The van der Waals surface area contributed by atoms with Crippen LogP contribution in [0, 0.1) is 5.82 Å². The van der Waals surface area contributed by atoms with Crippen LogP contribution in [0.2, 0.25) is 0 Å². The quantitative estimate of drug-likeness (QED) is 0.616. The van der Waals surface area contributed by atoms with Crippen LogP contribution in [-0.2, 0) is 16.1 Å². The highest BCUT2D eigenvalue weighted by atomic mass is 19.1. The van der Waals surface area contributed by atoms with Crippen molar-refractivity contribution in [3.8, 4) is 11.3 Å². The summed E-state index contributed by atoms with van der Waals surface area (Å²) in [6.45, 7) is 3.42. The van der Waals surface area contributed by atoms with E-state index in [1.54, 1.807) is 42.4 Å². The van der Waals surface area contributed by atoms with Gasteiger partial charge in [-0.05, 0) is 50.1 Å². The first kappa shape index (κ1) is 22.5. The number of aryl methyl sites for hydroxylation is 1. The van der Waals surface area contributed by atoms with Gasteiger partial charge in [-0.15, -0.1) is 0 Å². The number of benzene rings is 1. The van der Waals surface area contributed by atoms with E-state index in [1.165, 1.54) is 21.2 Å². The second-order valence-electron chi connectivity index (χ2n) is 7.94. The van der Waals surface area contributed by atoms with Crippen LogP contribution in [0.1, 0.15) is 26.2 Å². The Labute approximate surface area is 189 Å². The molecule has 4 rings (SSSR count). The number of hydrogen-bond donors (Lipinski definition) is 1. The first-order valence-corrected chi connectivity index (χ1v) is 11.0. The number of likely N-dealkylation sites (tertiary alicyclic amines) is 1. The second kappa shape index (κ2) is 9.85. The highest BCUT2D eigenvalue weighted by Gasteiger charge is 2.24. The van der Waals surface area contributed by atoms with E-state index in [0.29, 0.717) is 49.3 Å². The van der Waals surface area contributed by atoms with Gasteiger partial charge >= 0.3 is 6.09 Å². The maximum absolute atomic E-state index is 13.2. The van der Waals surface area contributed by atoms with Crippen LogP contribution >= 0.6 is 0 Å². The zero-order valence-electron chi connectivity index (χ0n) is 18.4. The molecular weight excluding hydrogens is 429 g/mol. The number of carbonyl (C=O) groups is 2. The average molecular weight is 455 g/mol. The number of rotatable bonds is 6. The van der Waals surface area contributed by atoms with E-state index in [9.17, 15) is 18.8 Å². The summed E-state index contributed by atoms with van der Waals surface area (Å²) < 4.78 is 21.1. The summed E-state index contributed by atoms with van der Waals surface area (Å²) in [5.41, 5.74) is 1.40. The molecule has 10 heteroatoms. The Morgan fingerprint density at radius 2 is 1.91 bits per heavy atom. The minimum absolute atomic E-state index is 0.00419. The van der Waals surface area contributed by atoms with E-state index in [4.69, 9.17) is 4.74 Å². The van der Waals surface area contributed by atoms with Crippen LogP contribution in [0.25, 0.3) is 16.8 Å². The van der Waals surface area contributed by atoms with Crippen molar-refractivity contribution in [2.24, 2.45) is 0 Å². The molecule has 0 bridgehead atoms. The minimum Gasteiger partial charge on any atom is -0.450 e. The molecule has 0 atom stereocenters. The van der Waals surface area contributed by atoms with Gasteiger partial charge in [0.2, 0.25) is 5.91 Å². The number of aromatic nitrogens is 3. The Morgan fingerprint density at radius 1 is 1.18 bits per heavy atom. The third-order valence-corrected chi connectivity index (χ3v) is 5.71. The maximum atomic E-state index is 13.2. The Kier molecular flexibility index (Phi) is 6.71. The van der Waals surface area contributed by atoms with Crippen molar-refractivity contribution in [1.29, 1.82) is 0 Å². The number of carbonyl (C=O) groups excluding carboxylic acids is 2. The zero-order valence-corrected chi connectivity index (χ0v) is 18.4. The molecule has 2 amide bonds. The van der Waals surface area contributed by atoms with Gasteiger partial charge in [-0.1, -0.05) is 0 Å². The molecule has 33 heavy (non-hydrogen) atoms. The van der Waals surface area contributed by atoms with E-state index in [-0.39, 0.29) is 42.4 Å². The van der Waals surface area contributed by atoms with Crippen LogP contribution in [0.15, 0.2) is 47.5 Å². The lowest BCUT2D eigenvalue weighted by molar-refractivity contribution is -0.122. The van der Waals surface area contributed by atoms with Gasteiger partial charge in [0, 0.05) is 50.1 Å². The Morgan fingerprint density at radius 3 is 2.61 bits per heavy atom. The van der Waals surface area contributed by atoms with Crippen LogP contribution in [0.3, 0.4) is 0 Å². The lowest BCUT2D eigenvalue weighted by Gasteiger charge is -2.31. The summed E-state index contributed by atoms with van der Waals surface area (Å²) in [5, 5.41) is 7.37. The smallest absolute Gasteiger partial charge is 0.409 e. The lowest BCUT2D eigenvalue weighted by atomic mass is 10.1. The predicted octanol–water partition coefficient (Wildman–Crippen LogP) is 2.43. The molecule has 0 saturated carbocycles. The van der Waals surface area contributed by atoms with Crippen molar-refractivity contribution in [2.45, 2.75) is 38.8 Å². The van der Waals surface area contributed by atoms with Crippen molar-refractivity contribution in [1.82, 2.24) is 24.4 Å². The number of piperidine rings is 1. The molecule has 1 aliphatic heterocycles. The molecule has 174 valence electrons. The van der Waals surface area contributed by atoms with Gasteiger partial charge in [-0.2, -0.15) is 5.10 Å². The van der Waals surface area contributed by atoms with Gasteiger partial charge < -0.3 is 19.5 Å². The molecule has 0 radical (unpaired) electrons. The summed E-state index contributed by atoms with van der Waals surface area (Å²) in [6, 6.07) is 7.56. The van der Waals surface area contributed by atoms with Crippen molar-refractivity contribution < 1.29 is 18.7 Å². The van der Waals surface area contributed by atoms with Gasteiger partial charge in [0.15, 0.2) is 0 Å². The Balaban J connectivity index is 1.34. The standard InChI is InChI=1S/C23H26FN5O4/c1-2-33-23(32)28-10-7-18(8-11-28)25-21(30)9-12-27-13-14-29-20(22(27)31)15-19(26-29)16-3-5-17(24)6-4-16/h3-6,13-15,18H,2,7-12H2,1H3,(H,25,30). The number of nitrogens with zero attached hydrogens (tertiary/aromatic N) is 4. The highest BCUT2D eigenvalue weighted by Crippen LogP contribution is 2.19. The molecular formula is C23H26FN5O4. The third kappa shape index (κ3) is 5.21. The van der Waals surface area contributed by atoms with Crippen LogP contribution < -0.4 is 10.9 Å². The van der Waals surface area contributed by atoms with Crippen molar-refractivity contribution >= 4 is 17.5 Å². The summed E-state index contributed by atoms with van der Waals surface area (Å²) in [5.74, 6) is -0.482. The van der Waals surface area contributed by atoms with Crippen molar-refractivity contribution in [2.75, 3.05) is 19.7 Å². The van der Waals surface area contributed by atoms with Crippen LogP contribution in [0.4, 0.5) is 9.18 Å². The molecule has 9 nitrogen and oxygen atoms in total. The fourth-order valence-electron chi connectivity index (χ4n) is 3.91. The second-order valence-corrected chi connectivity index (χ2v) is 7.94. The Hall–Kier alpha value is -3.69. The summed E-state index contributed by atoms with van der Waals surface area (Å²) in [4.78, 5) is 38.7. The minimum atomic E-state index is -0.340. The van der Waals surface area contributed by atoms with E-state index >= 15 is 0 Å². The van der Waals surface area contributed by atoms with Gasteiger partial charge in [0.1, 0.15) is 11.3 Å². The van der Waals surface area contributed by atoms with Crippen molar-refractivity contribution in [3.63, 3.8) is 0 Å². The lowest BCUT2D eigenvalue weighted by Crippen LogP contribution is -2.46. The van der Waals surface area contributed by atoms with E-state index in [2.05, 4.69) is 10.4 Å². The molecule has 1 aromatic carbocycles. The highest BCUT2D eigenvalue weighted by molar-refractivity contribution is 5.76. The maximum Gasteiger partial charge on any atom is 0.409 e.